The van der Waals surface area contributed by atoms with Crippen molar-refractivity contribution in [2.45, 2.75) is 25.6 Å². The van der Waals surface area contributed by atoms with Crippen LogP contribution in [0.2, 0.25) is 5.02 Å². The van der Waals surface area contributed by atoms with Gasteiger partial charge in [0, 0.05) is 26.2 Å². The van der Waals surface area contributed by atoms with Crippen LogP contribution in [0.1, 0.15) is 40.3 Å². The van der Waals surface area contributed by atoms with Crippen LogP contribution in [0.3, 0.4) is 0 Å². The first-order valence-electron chi connectivity index (χ1n) is 9.85. The first-order valence-corrected chi connectivity index (χ1v) is 10.2. The Kier molecular flexibility index (Phi) is 5.44. The molecule has 1 amide bonds. The van der Waals surface area contributed by atoms with E-state index < -0.39 is 17.9 Å². The molecule has 0 saturated carbocycles. The fraction of sp³-hybridized carbons (Fsp3) is 0.381. The molecule has 3 heterocycles. The van der Waals surface area contributed by atoms with Crippen LogP contribution in [-0.4, -0.2) is 44.0 Å². The third kappa shape index (κ3) is 3.42. The smallest absolute Gasteiger partial charge is 0.433 e. The monoisotopic (exact) mass is 467 g/mol. The molecular weight excluding hydrogens is 447 g/mol. The molecule has 0 N–H and O–H groups in total. The van der Waals surface area contributed by atoms with Crippen molar-refractivity contribution in [2.24, 2.45) is 14.1 Å². The Morgan fingerprint density at radius 1 is 1.25 bits per heavy atom. The van der Waals surface area contributed by atoms with Crippen molar-refractivity contribution in [1.82, 2.24) is 24.5 Å². The highest BCUT2D eigenvalue weighted by molar-refractivity contribution is 6.35. The molecular formula is C21H21ClF3N5O2. The van der Waals surface area contributed by atoms with E-state index in [0.29, 0.717) is 41.2 Å². The average Bonchev–Trinajstić information content (AvgIpc) is 3.27. The summed E-state index contributed by atoms with van der Waals surface area (Å²) >= 11 is 6.33. The Labute approximate surface area is 187 Å². The topological polar surface area (TPSA) is 65.2 Å². The minimum atomic E-state index is -4.57. The first kappa shape index (κ1) is 22.2. The zero-order valence-corrected chi connectivity index (χ0v) is 18.6. The van der Waals surface area contributed by atoms with Gasteiger partial charge in [0.2, 0.25) is 0 Å². The van der Waals surface area contributed by atoms with E-state index >= 15 is 0 Å². The molecule has 32 heavy (non-hydrogen) atoms. The largest absolute Gasteiger partial charge is 0.495 e. The average molecular weight is 468 g/mol. The quantitative estimate of drug-likeness (QED) is 0.577. The van der Waals surface area contributed by atoms with Crippen molar-refractivity contribution in [2.75, 3.05) is 13.7 Å². The van der Waals surface area contributed by atoms with Gasteiger partial charge >= 0.3 is 6.18 Å². The Morgan fingerprint density at radius 2 is 1.97 bits per heavy atom. The predicted molar refractivity (Wildman–Crippen MR) is 112 cm³/mol. The van der Waals surface area contributed by atoms with Gasteiger partial charge in [0.05, 0.1) is 46.9 Å². The first-order chi connectivity index (χ1) is 15.1. The number of carbonyl (C=O) groups excluding carboxylic acids is 1. The number of nitrogens with zero attached hydrogens (tertiary/aromatic N) is 5. The summed E-state index contributed by atoms with van der Waals surface area (Å²) in [6.07, 6.45) is -3.01. The molecule has 0 spiro atoms. The molecule has 1 aliphatic rings. The number of halogens is 4. The lowest BCUT2D eigenvalue weighted by atomic mass is 9.95. The molecule has 7 nitrogen and oxygen atoms in total. The predicted octanol–water partition coefficient (Wildman–Crippen LogP) is 4.26. The van der Waals surface area contributed by atoms with E-state index in [2.05, 4.69) is 10.2 Å². The van der Waals surface area contributed by atoms with Crippen LogP contribution in [0.25, 0.3) is 11.3 Å². The van der Waals surface area contributed by atoms with Crippen LogP contribution in [0, 0.1) is 0 Å². The van der Waals surface area contributed by atoms with Crippen LogP contribution in [0.15, 0.2) is 24.4 Å². The molecule has 0 saturated heterocycles. The van der Waals surface area contributed by atoms with Gasteiger partial charge in [-0.2, -0.15) is 23.4 Å². The summed E-state index contributed by atoms with van der Waals surface area (Å²) in [5, 5.41) is 8.52. The second-order valence-corrected chi connectivity index (χ2v) is 7.99. The number of aromatic nitrogens is 4. The van der Waals surface area contributed by atoms with Gasteiger partial charge in [0.15, 0.2) is 5.69 Å². The molecule has 0 radical (unpaired) electrons. The SMILES string of the molecule is COc1cccc(C(=O)N2CCc3c(nn(C)c3-c3cnn(C)c3C(F)(F)F)C2C)c1Cl. The number of benzene rings is 1. The number of carbonyl (C=O) groups is 1. The normalized spacial score (nSPS) is 16.2. The lowest BCUT2D eigenvalue weighted by Gasteiger charge is -2.33. The highest BCUT2D eigenvalue weighted by atomic mass is 35.5. The van der Waals surface area contributed by atoms with Crippen molar-refractivity contribution in [1.29, 1.82) is 0 Å². The van der Waals surface area contributed by atoms with Crippen LogP contribution in [0.4, 0.5) is 13.2 Å². The van der Waals surface area contributed by atoms with E-state index in [1.54, 1.807) is 37.1 Å². The molecule has 1 unspecified atom stereocenters. The van der Waals surface area contributed by atoms with Crippen molar-refractivity contribution < 1.29 is 22.7 Å². The summed E-state index contributed by atoms with van der Waals surface area (Å²) < 4.78 is 48.4. The molecule has 1 aromatic carbocycles. The fourth-order valence-electron chi connectivity index (χ4n) is 4.29. The lowest BCUT2D eigenvalue weighted by molar-refractivity contribution is -0.143. The van der Waals surface area contributed by atoms with E-state index in [-0.39, 0.29) is 16.5 Å². The van der Waals surface area contributed by atoms with Crippen LogP contribution < -0.4 is 4.74 Å². The standard InChI is InChI=1S/C21H21ClF3N5O2/c1-11-17-13(8-9-30(11)20(31)12-6-5-7-15(32-4)16(12)22)18(28(2)27-17)14-10-26-29(3)19(14)21(23,24)25/h5-7,10-11H,8-9H2,1-4H3. The van der Waals surface area contributed by atoms with Gasteiger partial charge in [0.25, 0.3) is 5.91 Å². The zero-order valence-electron chi connectivity index (χ0n) is 17.9. The van der Waals surface area contributed by atoms with Gasteiger partial charge in [-0.15, -0.1) is 0 Å². The number of hydrogen-bond acceptors (Lipinski definition) is 4. The highest BCUT2D eigenvalue weighted by Gasteiger charge is 2.41. The minimum Gasteiger partial charge on any atom is -0.495 e. The van der Waals surface area contributed by atoms with E-state index in [1.165, 1.54) is 25.0 Å². The second kappa shape index (κ2) is 7.84. The summed E-state index contributed by atoms with van der Waals surface area (Å²) in [6.45, 7) is 2.11. The number of amides is 1. The number of rotatable bonds is 3. The number of methoxy groups -OCH3 is 1. The van der Waals surface area contributed by atoms with Crippen molar-refractivity contribution in [3.63, 3.8) is 0 Å². The van der Waals surface area contributed by atoms with Crippen LogP contribution >= 0.6 is 11.6 Å². The van der Waals surface area contributed by atoms with Gasteiger partial charge in [-0.05, 0) is 25.5 Å². The minimum absolute atomic E-state index is 0.0286. The van der Waals surface area contributed by atoms with Gasteiger partial charge in [0.1, 0.15) is 5.75 Å². The lowest BCUT2D eigenvalue weighted by Crippen LogP contribution is -2.39. The van der Waals surface area contributed by atoms with Crippen molar-refractivity contribution >= 4 is 17.5 Å². The van der Waals surface area contributed by atoms with Gasteiger partial charge in [-0.1, -0.05) is 17.7 Å². The maximum atomic E-state index is 13.7. The van der Waals surface area contributed by atoms with E-state index in [9.17, 15) is 18.0 Å². The highest BCUT2D eigenvalue weighted by Crippen LogP contribution is 2.42. The number of hydrogen-bond donors (Lipinski definition) is 0. The Morgan fingerprint density at radius 3 is 2.62 bits per heavy atom. The van der Waals surface area contributed by atoms with Crippen molar-refractivity contribution in [3.8, 4) is 17.0 Å². The summed E-state index contributed by atoms with van der Waals surface area (Å²) in [4.78, 5) is 14.9. The van der Waals surface area contributed by atoms with E-state index in [0.717, 1.165) is 4.68 Å². The molecule has 0 bridgehead atoms. The molecule has 3 aromatic rings. The van der Waals surface area contributed by atoms with E-state index in [1.807, 2.05) is 0 Å². The molecule has 2 aromatic heterocycles. The maximum Gasteiger partial charge on any atom is 0.433 e. The third-order valence-electron chi connectivity index (χ3n) is 5.78. The Balaban J connectivity index is 1.74. The van der Waals surface area contributed by atoms with Crippen molar-refractivity contribution in [3.05, 3.63) is 51.9 Å². The summed E-state index contributed by atoms with van der Waals surface area (Å²) in [7, 11) is 4.32. The molecule has 1 atom stereocenters. The molecule has 0 aliphatic carbocycles. The number of ether oxygens (including phenoxy) is 1. The molecule has 170 valence electrons. The molecule has 4 rings (SSSR count). The summed E-state index contributed by atoms with van der Waals surface area (Å²) in [6, 6.07) is 4.50. The number of aryl methyl sites for hydroxylation is 2. The number of fused-ring (bicyclic) bond motifs is 1. The second-order valence-electron chi connectivity index (χ2n) is 7.61. The summed E-state index contributed by atoms with van der Waals surface area (Å²) in [5.74, 6) is 0.0934. The molecule has 1 aliphatic heterocycles. The third-order valence-corrected chi connectivity index (χ3v) is 6.17. The summed E-state index contributed by atoms with van der Waals surface area (Å²) in [5.41, 5.74) is 1.02. The Bertz CT molecular complexity index is 1200. The van der Waals surface area contributed by atoms with Crippen LogP contribution in [0.5, 0.6) is 5.75 Å². The van der Waals surface area contributed by atoms with Gasteiger partial charge in [-0.25, -0.2) is 0 Å². The Hall–Kier alpha value is -3.01. The van der Waals surface area contributed by atoms with Gasteiger partial charge in [-0.3, -0.25) is 14.2 Å². The maximum absolute atomic E-state index is 13.7. The zero-order chi connectivity index (χ0) is 23.4. The fourth-order valence-corrected chi connectivity index (χ4v) is 4.58. The van der Waals surface area contributed by atoms with Gasteiger partial charge < -0.3 is 9.64 Å². The number of alkyl halides is 3. The molecule has 0 fully saturated rings. The van der Waals surface area contributed by atoms with Crippen LogP contribution in [-0.2, 0) is 26.7 Å². The van der Waals surface area contributed by atoms with E-state index in [4.69, 9.17) is 16.3 Å². The molecule has 11 heteroatoms.